The molecule has 3 nitrogen and oxygen atoms in total. The standard InChI is InChI=1S/C17H18F6N2O.ClH/c1-15(2,3)24-8-12(26)10-7-13(17(21,22)23)25-14-9(10)5-4-6-11(14)16(18,19)20;/h4-7,12,24,26H,8H2,1-3H3;1H. The number of nitrogens with zero attached hydrogens (tertiary/aromatic N) is 1. The number of fused-ring (bicyclic) bond motifs is 1. The summed E-state index contributed by atoms with van der Waals surface area (Å²) in [4.78, 5) is 3.19. The fourth-order valence-electron chi connectivity index (χ4n) is 2.44. The predicted octanol–water partition coefficient (Wildman–Crippen LogP) is 5.12. The van der Waals surface area contributed by atoms with Crippen LogP contribution in [0.5, 0.6) is 0 Å². The molecule has 0 saturated heterocycles. The van der Waals surface area contributed by atoms with Crippen LogP contribution in [0.15, 0.2) is 24.3 Å². The maximum Gasteiger partial charge on any atom is 0.433 e. The Hall–Kier alpha value is -1.58. The van der Waals surface area contributed by atoms with E-state index in [0.717, 1.165) is 6.07 Å². The minimum absolute atomic E-state index is 0. The van der Waals surface area contributed by atoms with E-state index in [9.17, 15) is 31.4 Å². The Morgan fingerprint density at radius 3 is 2.11 bits per heavy atom. The fraction of sp³-hybridized carbons (Fsp3) is 0.471. The molecule has 0 aliphatic heterocycles. The Balaban J connectivity index is 0.00000364. The highest BCUT2D eigenvalue weighted by Gasteiger charge is 2.38. The molecule has 0 radical (unpaired) electrons. The summed E-state index contributed by atoms with van der Waals surface area (Å²) in [5, 5.41) is 13.1. The van der Waals surface area contributed by atoms with Gasteiger partial charge in [-0.1, -0.05) is 12.1 Å². The van der Waals surface area contributed by atoms with E-state index in [1.807, 2.05) is 0 Å². The predicted molar refractivity (Wildman–Crippen MR) is 91.7 cm³/mol. The van der Waals surface area contributed by atoms with Crippen LogP contribution in [-0.4, -0.2) is 22.2 Å². The lowest BCUT2D eigenvalue weighted by Crippen LogP contribution is -2.38. The van der Waals surface area contributed by atoms with E-state index in [4.69, 9.17) is 0 Å². The van der Waals surface area contributed by atoms with Crippen molar-refractivity contribution in [1.82, 2.24) is 10.3 Å². The number of pyridine rings is 1. The van der Waals surface area contributed by atoms with Crippen molar-refractivity contribution in [2.24, 2.45) is 0 Å². The summed E-state index contributed by atoms with van der Waals surface area (Å²) in [5.74, 6) is 0. The molecular formula is C17H19ClF6N2O. The van der Waals surface area contributed by atoms with Crippen molar-refractivity contribution in [2.75, 3.05) is 6.54 Å². The lowest BCUT2D eigenvalue weighted by atomic mass is 9.98. The van der Waals surface area contributed by atoms with Crippen molar-refractivity contribution in [2.45, 2.75) is 44.8 Å². The zero-order valence-electron chi connectivity index (χ0n) is 14.7. The van der Waals surface area contributed by atoms with Crippen LogP contribution in [0.3, 0.4) is 0 Å². The molecule has 10 heteroatoms. The summed E-state index contributed by atoms with van der Waals surface area (Å²) in [6.07, 6.45) is -11.3. The van der Waals surface area contributed by atoms with Gasteiger partial charge < -0.3 is 10.4 Å². The number of aromatic nitrogens is 1. The second-order valence-corrected chi connectivity index (χ2v) is 6.94. The van der Waals surface area contributed by atoms with Gasteiger partial charge in [0.25, 0.3) is 0 Å². The second-order valence-electron chi connectivity index (χ2n) is 6.94. The smallest absolute Gasteiger partial charge is 0.387 e. The maximum absolute atomic E-state index is 13.2. The molecule has 0 bridgehead atoms. The third-order valence-corrected chi connectivity index (χ3v) is 3.65. The normalized spacial score (nSPS) is 14.1. The number of aliphatic hydroxyl groups excluding tert-OH is 1. The van der Waals surface area contributed by atoms with Gasteiger partial charge in [-0.15, -0.1) is 12.4 Å². The summed E-state index contributed by atoms with van der Waals surface area (Å²) >= 11 is 0. The first-order valence-electron chi connectivity index (χ1n) is 7.71. The summed E-state index contributed by atoms with van der Waals surface area (Å²) in [5.41, 5.74) is -4.29. The van der Waals surface area contributed by atoms with Gasteiger partial charge in [-0.05, 0) is 38.5 Å². The van der Waals surface area contributed by atoms with E-state index in [2.05, 4.69) is 10.3 Å². The van der Waals surface area contributed by atoms with Crippen LogP contribution in [0.2, 0.25) is 0 Å². The van der Waals surface area contributed by atoms with Gasteiger partial charge in [0.2, 0.25) is 0 Å². The SMILES string of the molecule is CC(C)(C)NCC(O)c1cc(C(F)(F)F)nc2c(C(F)(F)F)cccc12.Cl. The van der Waals surface area contributed by atoms with E-state index in [1.54, 1.807) is 20.8 Å². The van der Waals surface area contributed by atoms with Gasteiger partial charge in [0.1, 0.15) is 5.69 Å². The molecule has 1 unspecified atom stereocenters. The molecule has 0 aliphatic carbocycles. The van der Waals surface area contributed by atoms with Gasteiger partial charge in [-0.25, -0.2) is 4.98 Å². The number of β-amino-alcohol motifs (C(OH)–C–C–N with tert-alkyl or cyclic N) is 1. The van der Waals surface area contributed by atoms with Crippen molar-refractivity contribution in [3.63, 3.8) is 0 Å². The number of rotatable bonds is 3. The van der Waals surface area contributed by atoms with Gasteiger partial charge in [-0.3, -0.25) is 0 Å². The number of hydrogen-bond acceptors (Lipinski definition) is 3. The van der Waals surface area contributed by atoms with Crippen LogP contribution in [0.25, 0.3) is 10.9 Å². The fourth-order valence-corrected chi connectivity index (χ4v) is 2.44. The molecule has 0 fully saturated rings. The molecule has 0 spiro atoms. The molecule has 1 heterocycles. The molecule has 2 aromatic rings. The van der Waals surface area contributed by atoms with Crippen LogP contribution >= 0.6 is 12.4 Å². The van der Waals surface area contributed by atoms with Crippen molar-refractivity contribution < 1.29 is 31.4 Å². The first-order chi connectivity index (χ1) is 11.7. The molecule has 27 heavy (non-hydrogen) atoms. The van der Waals surface area contributed by atoms with Crippen LogP contribution < -0.4 is 5.32 Å². The van der Waals surface area contributed by atoms with E-state index in [1.165, 1.54) is 6.07 Å². The van der Waals surface area contributed by atoms with Crippen LogP contribution in [0, 0.1) is 0 Å². The lowest BCUT2D eigenvalue weighted by Gasteiger charge is -2.24. The third kappa shape index (κ3) is 5.70. The highest BCUT2D eigenvalue weighted by atomic mass is 35.5. The molecule has 0 aliphatic rings. The Bertz CT molecular complexity index is 799. The molecule has 2 rings (SSSR count). The average Bonchev–Trinajstić information content (AvgIpc) is 2.48. The minimum Gasteiger partial charge on any atom is -0.387 e. The summed E-state index contributed by atoms with van der Waals surface area (Å²) in [7, 11) is 0. The van der Waals surface area contributed by atoms with Crippen LogP contribution in [0.4, 0.5) is 26.3 Å². The number of alkyl halides is 6. The number of halogens is 7. The van der Waals surface area contributed by atoms with Gasteiger partial charge in [0.15, 0.2) is 0 Å². The van der Waals surface area contributed by atoms with E-state index in [-0.39, 0.29) is 29.9 Å². The number of benzene rings is 1. The van der Waals surface area contributed by atoms with Gasteiger partial charge in [-0.2, -0.15) is 26.3 Å². The van der Waals surface area contributed by atoms with Gasteiger partial charge in [0.05, 0.1) is 17.2 Å². The van der Waals surface area contributed by atoms with E-state index < -0.39 is 40.8 Å². The molecule has 152 valence electrons. The molecule has 1 atom stereocenters. The Kier molecular flexibility index (Phi) is 6.78. The molecule has 0 amide bonds. The van der Waals surface area contributed by atoms with Gasteiger partial charge in [0, 0.05) is 17.5 Å². The van der Waals surface area contributed by atoms with Crippen LogP contribution in [0.1, 0.15) is 43.7 Å². The Labute approximate surface area is 158 Å². The number of nitrogens with one attached hydrogen (secondary N) is 1. The largest absolute Gasteiger partial charge is 0.433 e. The minimum atomic E-state index is -4.95. The molecule has 1 aromatic heterocycles. The van der Waals surface area contributed by atoms with E-state index >= 15 is 0 Å². The first-order valence-corrected chi connectivity index (χ1v) is 7.71. The summed E-state index contributed by atoms with van der Waals surface area (Å²) in [6, 6.07) is 3.55. The zero-order chi connectivity index (χ0) is 19.9. The third-order valence-electron chi connectivity index (χ3n) is 3.65. The van der Waals surface area contributed by atoms with Crippen LogP contribution in [-0.2, 0) is 12.4 Å². The zero-order valence-corrected chi connectivity index (χ0v) is 15.5. The molecule has 0 saturated carbocycles. The number of aliphatic hydroxyl groups is 1. The van der Waals surface area contributed by atoms with Crippen molar-refractivity contribution >= 4 is 23.3 Å². The number of para-hydroxylation sites is 1. The highest BCUT2D eigenvalue weighted by Crippen LogP contribution is 2.38. The summed E-state index contributed by atoms with van der Waals surface area (Å²) in [6.45, 7) is 5.23. The van der Waals surface area contributed by atoms with Crippen molar-refractivity contribution in [3.8, 4) is 0 Å². The Morgan fingerprint density at radius 1 is 1.04 bits per heavy atom. The molecular weight excluding hydrogens is 398 g/mol. The summed E-state index contributed by atoms with van der Waals surface area (Å²) < 4.78 is 78.9. The maximum atomic E-state index is 13.2. The second kappa shape index (κ2) is 7.81. The molecule has 1 aromatic carbocycles. The van der Waals surface area contributed by atoms with Crippen molar-refractivity contribution in [1.29, 1.82) is 0 Å². The first kappa shape index (κ1) is 23.5. The molecule has 2 N–H and O–H groups in total. The topological polar surface area (TPSA) is 45.1 Å². The lowest BCUT2D eigenvalue weighted by molar-refractivity contribution is -0.142. The Morgan fingerprint density at radius 2 is 1.63 bits per heavy atom. The van der Waals surface area contributed by atoms with E-state index in [0.29, 0.717) is 12.1 Å². The quantitative estimate of drug-likeness (QED) is 0.683. The average molecular weight is 417 g/mol. The van der Waals surface area contributed by atoms with Gasteiger partial charge >= 0.3 is 12.4 Å². The van der Waals surface area contributed by atoms with Crippen molar-refractivity contribution in [3.05, 3.63) is 41.1 Å². The monoisotopic (exact) mass is 416 g/mol. The number of hydrogen-bond donors (Lipinski definition) is 2. The highest BCUT2D eigenvalue weighted by molar-refractivity contribution is 5.86.